The zero-order valence-corrected chi connectivity index (χ0v) is 13.7. The van der Waals surface area contributed by atoms with Gasteiger partial charge in [-0.2, -0.15) is 0 Å². The lowest BCUT2D eigenvalue weighted by atomic mass is 10.0. The van der Waals surface area contributed by atoms with Crippen LogP contribution in [-0.4, -0.2) is 40.1 Å². The lowest BCUT2D eigenvalue weighted by molar-refractivity contribution is 0.0600. The number of carbonyl (C=O) groups excluding carboxylic acids is 1. The number of methoxy groups -OCH3 is 1. The number of rotatable bonds is 5. The first-order valence-corrected chi connectivity index (χ1v) is 8.96. The van der Waals surface area contributed by atoms with Crippen LogP contribution in [0.1, 0.15) is 35.7 Å². The van der Waals surface area contributed by atoms with Gasteiger partial charge in [0.1, 0.15) is 0 Å². The molecule has 0 amide bonds. The van der Waals surface area contributed by atoms with Gasteiger partial charge in [0, 0.05) is 12.1 Å². The predicted molar refractivity (Wildman–Crippen MR) is 84.0 cm³/mol. The van der Waals surface area contributed by atoms with Gasteiger partial charge in [-0.3, -0.25) is 0 Å². The molecule has 0 bridgehead atoms. The molecule has 122 valence electrons. The largest absolute Gasteiger partial charge is 0.465 e. The normalized spacial score (nSPS) is 22.3. The average molecular weight is 326 g/mol. The van der Waals surface area contributed by atoms with Gasteiger partial charge in [-0.1, -0.05) is 18.2 Å². The zero-order chi connectivity index (χ0) is 16.2. The first kappa shape index (κ1) is 16.9. The summed E-state index contributed by atoms with van der Waals surface area (Å²) >= 11 is 0. The van der Waals surface area contributed by atoms with Gasteiger partial charge in [0.25, 0.3) is 0 Å². The summed E-state index contributed by atoms with van der Waals surface area (Å²) in [7, 11) is -2.23. The first-order valence-electron chi connectivity index (χ1n) is 7.31. The predicted octanol–water partition coefficient (Wildman–Crippen LogP) is 1.03. The number of hydrogen-bond donors (Lipinski definition) is 2. The Kier molecular flexibility index (Phi) is 5.55. The molecule has 7 heteroatoms. The third kappa shape index (κ3) is 4.53. The average Bonchev–Trinajstić information content (AvgIpc) is 2.46. The molecule has 0 saturated carbocycles. The zero-order valence-electron chi connectivity index (χ0n) is 12.8. The summed E-state index contributed by atoms with van der Waals surface area (Å²) in [5.74, 6) is -0.752. The molecule has 1 fully saturated rings. The third-order valence-corrected chi connectivity index (χ3v) is 5.12. The van der Waals surface area contributed by atoms with Gasteiger partial charge in [0.05, 0.1) is 18.4 Å². The monoisotopic (exact) mass is 326 g/mol. The van der Waals surface area contributed by atoms with Crippen LogP contribution in [0.25, 0.3) is 0 Å². The second-order valence-electron chi connectivity index (χ2n) is 5.60. The fourth-order valence-corrected chi connectivity index (χ4v) is 4.16. The van der Waals surface area contributed by atoms with E-state index < -0.39 is 16.0 Å². The Morgan fingerprint density at radius 2 is 2.14 bits per heavy atom. The molecule has 0 aliphatic carbocycles. The van der Waals surface area contributed by atoms with Crippen molar-refractivity contribution in [2.75, 3.05) is 13.7 Å². The minimum Gasteiger partial charge on any atom is -0.465 e. The molecule has 2 unspecified atom stereocenters. The highest BCUT2D eigenvalue weighted by atomic mass is 32.2. The molecule has 0 aromatic heterocycles. The Morgan fingerprint density at radius 3 is 2.82 bits per heavy atom. The molecule has 1 heterocycles. The van der Waals surface area contributed by atoms with E-state index in [1.807, 2.05) is 6.92 Å². The molecule has 2 rings (SSSR count). The van der Waals surface area contributed by atoms with Gasteiger partial charge in [-0.05, 0) is 37.9 Å². The molecule has 1 aliphatic rings. The number of hydrogen-bond acceptors (Lipinski definition) is 5. The number of nitrogens with one attached hydrogen (secondary N) is 2. The first-order chi connectivity index (χ1) is 10.4. The minimum atomic E-state index is -3.51. The summed E-state index contributed by atoms with van der Waals surface area (Å²) in [6, 6.07) is 6.84. The topological polar surface area (TPSA) is 84.5 Å². The van der Waals surface area contributed by atoms with E-state index in [9.17, 15) is 13.2 Å². The third-order valence-electron chi connectivity index (χ3n) is 3.74. The van der Waals surface area contributed by atoms with E-state index in [2.05, 4.69) is 10.0 Å². The second kappa shape index (κ2) is 7.21. The molecule has 0 radical (unpaired) electrons. The number of esters is 1. The van der Waals surface area contributed by atoms with Crippen LogP contribution in [0.2, 0.25) is 0 Å². The van der Waals surface area contributed by atoms with Gasteiger partial charge in [-0.15, -0.1) is 0 Å². The van der Waals surface area contributed by atoms with Gasteiger partial charge in [0.2, 0.25) is 10.0 Å². The highest BCUT2D eigenvalue weighted by Gasteiger charge is 2.24. The maximum Gasteiger partial charge on any atom is 0.338 e. The fourth-order valence-electron chi connectivity index (χ4n) is 2.69. The highest BCUT2D eigenvalue weighted by Crippen LogP contribution is 2.15. The summed E-state index contributed by atoms with van der Waals surface area (Å²) in [6.07, 6.45) is 1.53. The molecule has 6 nitrogen and oxygen atoms in total. The van der Waals surface area contributed by atoms with Crippen molar-refractivity contribution in [2.24, 2.45) is 0 Å². The molecule has 2 atom stereocenters. The van der Waals surface area contributed by atoms with Gasteiger partial charge in [-0.25, -0.2) is 17.9 Å². The minimum absolute atomic E-state index is 0.0634. The summed E-state index contributed by atoms with van der Waals surface area (Å²) in [5.41, 5.74) is 0.734. The van der Waals surface area contributed by atoms with Gasteiger partial charge >= 0.3 is 5.97 Å². The van der Waals surface area contributed by atoms with Gasteiger partial charge in [0.15, 0.2) is 0 Å². The van der Waals surface area contributed by atoms with E-state index >= 15 is 0 Å². The number of benzene rings is 1. The van der Waals surface area contributed by atoms with Crippen molar-refractivity contribution < 1.29 is 17.9 Å². The van der Waals surface area contributed by atoms with Crippen LogP contribution in [0.15, 0.2) is 24.3 Å². The Hall–Kier alpha value is -1.44. The maximum absolute atomic E-state index is 12.4. The van der Waals surface area contributed by atoms with Crippen molar-refractivity contribution in [1.29, 1.82) is 0 Å². The number of piperidine rings is 1. The fraction of sp³-hybridized carbons (Fsp3) is 0.533. The number of carbonyl (C=O) groups is 1. The van der Waals surface area contributed by atoms with Crippen molar-refractivity contribution in [3.05, 3.63) is 35.4 Å². The summed E-state index contributed by atoms with van der Waals surface area (Å²) in [4.78, 5) is 11.7. The van der Waals surface area contributed by atoms with Crippen LogP contribution >= 0.6 is 0 Å². The van der Waals surface area contributed by atoms with Crippen LogP contribution in [0, 0.1) is 0 Å². The molecule has 1 aliphatic heterocycles. The molecule has 1 saturated heterocycles. The van der Waals surface area contributed by atoms with Crippen LogP contribution in [-0.2, 0) is 20.5 Å². The molecule has 22 heavy (non-hydrogen) atoms. The molecule has 0 spiro atoms. The SMILES string of the molecule is COC(=O)c1ccccc1CS(=O)(=O)NC1CCNC(C)C1. The van der Waals surface area contributed by atoms with E-state index in [-0.39, 0.29) is 17.4 Å². The van der Waals surface area contributed by atoms with Crippen LogP contribution in [0.5, 0.6) is 0 Å². The van der Waals surface area contributed by atoms with Crippen molar-refractivity contribution in [2.45, 2.75) is 37.6 Å². The van der Waals surface area contributed by atoms with Crippen LogP contribution in [0.3, 0.4) is 0 Å². The molecule has 1 aromatic rings. The highest BCUT2D eigenvalue weighted by molar-refractivity contribution is 7.88. The molecule has 2 N–H and O–H groups in total. The van der Waals surface area contributed by atoms with E-state index in [0.717, 1.165) is 19.4 Å². The number of ether oxygens (including phenoxy) is 1. The Morgan fingerprint density at radius 1 is 1.41 bits per heavy atom. The Bertz CT molecular complexity index is 630. The second-order valence-corrected chi connectivity index (χ2v) is 7.36. The molecular formula is C15H22N2O4S. The number of sulfonamides is 1. The Balaban J connectivity index is 2.10. The smallest absolute Gasteiger partial charge is 0.338 e. The van der Waals surface area contributed by atoms with Crippen LogP contribution in [0.4, 0.5) is 0 Å². The maximum atomic E-state index is 12.4. The van der Waals surface area contributed by atoms with E-state index in [0.29, 0.717) is 11.6 Å². The van der Waals surface area contributed by atoms with Crippen LogP contribution < -0.4 is 10.0 Å². The van der Waals surface area contributed by atoms with Crippen molar-refractivity contribution >= 4 is 16.0 Å². The van der Waals surface area contributed by atoms with Crippen molar-refractivity contribution in [3.63, 3.8) is 0 Å². The Labute approximate surface area is 131 Å². The van der Waals surface area contributed by atoms with Crippen molar-refractivity contribution in [3.8, 4) is 0 Å². The summed E-state index contributed by atoms with van der Waals surface area (Å²) in [6.45, 7) is 2.83. The van der Waals surface area contributed by atoms with Gasteiger partial charge < -0.3 is 10.1 Å². The molecular weight excluding hydrogens is 304 g/mol. The van der Waals surface area contributed by atoms with E-state index in [1.54, 1.807) is 24.3 Å². The quantitative estimate of drug-likeness (QED) is 0.790. The van der Waals surface area contributed by atoms with E-state index in [4.69, 9.17) is 4.74 Å². The summed E-state index contributed by atoms with van der Waals surface area (Å²) < 4.78 is 32.1. The summed E-state index contributed by atoms with van der Waals surface area (Å²) in [5, 5.41) is 3.28. The van der Waals surface area contributed by atoms with E-state index in [1.165, 1.54) is 7.11 Å². The lowest BCUT2D eigenvalue weighted by Gasteiger charge is -2.28. The molecule has 1 aromatic carbocycles. The lowest BCUT2D eigenvalue weighted by Crippen LogP contribution is -2.46. The standard InChI is InChI=1S/C15H22N2O4S/c1-11-9-13(7-8-16-11)17-22(19,20)10-12-5-3-4-6-14(12)15(18)21-2/h3-6,11,13,16-17H,7-10H2,1-2H3. The van der Waals surface area contributed by atoms with Crippen molar-refractivity contribution in [1.82, 2.24) is 10.0 Å².